The highest BCUT2D eigenvalue weighted by Gasteiger charge is 2.26. The minimum atomic E-state index is -1.34. The fourth-order valence-electron chi connectivity index (χ4n) is 1.33. The number of pyridine rings is 1. The van der Waals surface area contributed by atoms with Gasteiger partial charge in [-0.05, 0) is 22.0 Å². The summed E-state index contributed by atoms with van der Waals surface area (Å²) < 4.78 is 1.10. The first-order chi connectivity index (χ1) is 7.50. The Morgan fingerprint density at radius 1 is 1.62 bits per heavy atom. The lowest BCUT2D eigenvalue weighted by Crippen LogP contribution is -2.03. The molecule has 0 unspecified atom stereocenters. The van der Waals surface area contributed by atoms with Crippen LogP contribution in [-0.2, 0) is 0 Å². The molecule has 82 valence electrons. The Morgan fingerprint density at radius 2 is 2.31 bits per heavy atom. The van der Waals surface area contributed by atoms with Gasteiger partial charge < -0.3 is 15.2 Å². The van der Waals surface area contributed by atoms with Crippen molar-refractivity contribution < 1.29 is 14.8 Å². The van der Waals surface area contributed by atoms with Gasteiger partial charge in [-0.15, -0.1) is 0 Å². The predicted octanol–water partition coefficient (Wildman–Crippen LogP) is 1.59. The van der Waals surface area contributed by atoms with Crippen LogP contribution in [0.15, 0.2) is 18.3 Å². The number of fused-ring (bicyclic) bond motifs is 1. The summed E-state index contributed by atoms with van der Waals surface area (Å²) in [5.41, 5.74) is 0.0508. The number of carboxylic acids is 1. The van der Waals surface area contributed by atoms with Crippen LogP contribution >= 0.6 is 11.6 Å². The molecule has 2 heterocycles. The molecule has 0 aliphatic carbocycles. The zero-order valence-corrected chi connectivity index (χ0v) is 8.38. The zero-order chi connectivity index (χ0) is 11.9. The number of nitrogens with zero attached hydrogens (tertiary/aromatic N) is 3. The molecule has 2 rings (SSSR count). The summed E-state index contributed by atoms with van der Waals surface area (Å²) in [6.07, 6.45) is 1.32. The van der Waals surface area contributed by atoms with E-state index in [0.29, 0.717) is 0 Å². The molecular weight excluding hydrogens is 238 g/mol. The van der Waals surface area contributed by atoms with Gasteiger partial charge >= 0.3 is 17.6 Å². The first kappa shape index (κ1) is 10.4. The molecule has 0 aliphatic rings. The molecule has 0 aliphatic heterocycles. The second-order valence-corrected chi connectivity index (χ2v) is 3.36. The molecule has 0 aromatic carbocycles. The van der Waals surface area contributed by atoms with Crippen molar-refractivity contribution in [2.75, 3.05) is 0 Å². The Kier molecular flexibility index (Phi) is 2.24. The van der Waals surface area contributed by atoms with E-state index in [2.05, 4.69) is 4.98 Å². The lowest BCUT2D eigenvalue weighted by Gasteiger charge is -1.94. The van der Waals surface area contributed by atoms with E-state index in [0.717, 1.165) is 4.40 Å². The standard InChI is InChI=1S/C8H4ClN3O4/c9-4-1-2-11-5(3-4)6(12(15)16)10-7(11)8(13)14/h1-3H,(H,13,14). The molecule has 0 atom stereocenters. The summed E-state index contributed by atoms with van der Waals surface area (Å²) in [6.45, 7) is 0. The molecule has 2 aromatic heterocycles. The first-order valence-corrected chi connectivity index (χ1v) is 4.44. The van der Waals surface area contributed by atoms with Gasteiger partial charge in [-0.1, -0.05) is 11.6 Å². The average molecular weight is 242 g/mol. The molecule has 0 amide bonds. The Labute approximate surface area is 93.0 Å². The minimum absolute atomic E-state index is 0.0508. The van der Waals surface area contributed by atoms with Crippen LogP contribution in [0, 0.1) is 10.1 Å². The van der Waals surface area contributed by atoms with Crippen LogP contribution in [0.5, 0.6) is 0 Å². The topological polar surface area (TPSA) is 97.7 Å². The Balaban J connectivity index is 2.87. The van der Waals surface area contributed by atoms with Crippen LogP contribution in [0.2, 0.25) is 5.02 Å². The molecule has 0 spiro atoms. The SMILES string of the molecule is O=C(O)c1nc([N+](=O)[O-])c2cc(Cl)ccn12. The Hall–Kier alpha value is -2.15. The van der Waals surface area contributed by atoms with E-state index in [1.54, 1.807) is 0 Å². The quantitative estimate of drug-likeness (QED) is 0.636. The van der Waals surface area contributed by atoms with Crippen molar-refractivity contribution in [3.05, 3.63) is 39.3 Å². The number of imidazole rings is 1. The van der Waals surface area contributed by atoms with E-state index < -0.39 is 22.5 Å². The van der Waals surface area contributed by atoms with Gasteiger partial charge in [0.15, 0.2) is 0 Å². The minimum Gasteiger partial charge on any atom is -0.474 e. The van der Waals surface area contributed by atoms with Crippen molar-refractivity contribution in [3.63, 3.8) is 0 Å². The number of aromatic nitrogens is 2. The van der Waals surface area contributed by atoms with Crippen LogP contribution in [0.25, 0.3) is 5.52 Å². The number of carbonyl (C=O) groups is 1. The highest BCUT2D eigenvalue weighted by molar-refractivity contribution is 6.31. The van der Waals surface area contributed by atoms with Gasteiger partial charge in [-0.3, -0.25) is 4.40 Å². The summed E-state index contributed by atoms with van der Waals surface area (Å²) in [5.74, 6) is -2.29. The monoisotopic (exact) mass is 241 g/mol. The van der Waals surface area contributed by atoms with Crippen molar-refractivity contribution in [2.45, 2.75) is 0 Å². The Bertz CT molecular complexity index is 607. The fourth-order valence-corrected chi connectivity index (χ4v) is 1.49. The number of nitro groups is 1. The van der Waals surface area contributed by atoms with Gasteiger partial charge in [0.05, 0.1) is 0 Å². The summed E-state index contributed by atoms with van der Waals surface area (Å²) in [6, 6.07) is 2.71. The number of hydrogen-bond acceptors (Lipinski definition) is 4. The maximum absolute atomic E-state index is 10.8. The van der Waals surface area contributed by atoms with E-state index in [1.165, 1.54) is 18.3 Å². The smallest absolute Gasteiger partial charge is 0.399 e. The zero-order valence-electron chi connectivity index (χ0n) is 7.62. The highest BCUT2D eigenvalue weighted by atomic mass is 35.5. The van der Waals surface area contributed by atoms with Crippen LogP contribution in [0.4, 0.5) is 5.82 Å². The van der Waals surface area contributed by atoms with Gasteiger partial charge in [0.25, 0.3) is 0 Å². The molecular formula is C8H4ClN3O4. The molecule has 16 heavy (non-hydrogen) atoms. The second kappa shape index (κ2) is 3.46. The van der Waals surface area contributed by atoms with E-state index in [9.17, 15) is 14.9 Å². The Morgan fingerprint density at radius 3 is 2.88 bits per heavy atom. The summed E-state index contributed by atoms with van der Waals surface area (Å²) >= 11 is 5.67. The summed E-state index contributed by atoms with van der Waals surface area (Å²) in [4.78, 5) is 24.1. The summed E-state index contributed by atoms with van der Waals surface area (Å²) in [7, 11) is 0. The highest BCUT2D eigenvalue weighted by Crippen LogP contribution is 2.23. The molecule has 2 aromatic rings. The molecule has 7 nitrogen and oxygen atoms in total. The lowest BCUT2D eigenvalue weighted by atomic mass is 10.4. The first-order valence-electron chi connectivity index (χ1n) is 4.06. The van der Waals surface area contributed by atoms with Crippen LogP contribution in [0.1, 0.15) is 10.6 Å². The van der Waals surface area contributed by atoms with Gasteiger partial charge in [0, 0.05) is 11.2 Å². The van der Waals surface area contributed by atoms with E-state index in [1.807, 2.05) is 0 Å². The maximum atomic E-state index is 10.8. The number of halogens is 1. The molecule has 0 saturated heterocycles. The average Bonchev–Trinajstić information content (AvgIpc) is 2.56. The molecule has 0 fully saturated rings. The number of aromatic carboxylic acids is 1. The molecule has 0 radical (unpaired) electrons. The van der Waals surface area contributed by atoms with Crippen molar-refractivity contribution in [1.29, 1.82) is 0 Å². The summed E-state index contributed by atoms with van der Waals surface area (Å²) in [5, 5.41) is 19.7. The lowest BCUT2D eigenvalue weighted by molar-refractivity contribution is -0.387. The van der Waals surface area contributed by atoms with Gasteiger partial charge in [-0.25, -0.2) is 4.79 Å². The van der Waals surface area contributed by atoms with Gasteiger partial charge in [0.1, 0.15) is 5.52 Å². The van der Waals surface area contributed by atoms with Crippen LogP contribution in [0.3, 0.4) is 0 Å². The normalized spacial score (nSPS) is 10.6. The van der Waals surface area contributed by atoms with Crippen molar-refractivity contribution in [1.82, 2.24) is 9.38 Å². The molecule has 8 heteroatoms. The fraction of sp³-hybridized carbons (Fsp3) is 0. The third-order valence-corrected chi connectivity index (χ3v) is 2.19. The van der Waals surface area contributed by atoms with E-state index in [-0.39, 0.29) is 10.5 Å². The number of carboxylic acid groups (broad SMARTS) is 1. The molecule has 0 bridgehead atoms. The number of rotatable bonds is 2. The van der Waals surface area contributed by atoms with E-state index in [4.69, 9.17) is 16.7 Å². The third-order valence-electron chi connectivity index (χ3n) is 1.95. The third kappa shape index (κ3) is 1.47. The van der Waals surface area contributed by atoms with Crippen LogP contribution < -0.4 is 0 Å². The van der Waals surface area contributed by atoms with E-state index >= 15 is 0 Å². The largest absolute Gasteiger partial charge is 0.474 e. The van der Waals surface area contributed by atoms with Gasteiger partial charge in [-0.2, -0.15) is 0 Å². The second-order valence-electron chi connectivity index (χ2n) is 2.92. The maximum Gasteiger partial charge on any atom is 0.399 e. The van der Waals surface area contributed by atoms with Crippen molar-refractivity contribution in [3.8, 4) is 0 Å². The van der Waals surface area contributed by atoms with Crippen molar-refractivity contribution >= 4 is 28.9 Å². The predicted molar refractivity (Wildman–Crippen MR) is 53.8 cm³/mol. The molecule has 0 saturated carbocycles. The van der Waals surface area contributed by atoms with Crippen LogP contribution in [-0.4, -0.2) is 25.4 Å². The van der Waals surface area contributed by atoms with Gasteiger partial charge in [0.2, 0.25) is 0 Å². The number of hydrogen-bond donors (Lipinski definition) is 1. The van der Waals surface area contributed by atoms with Crippen molar-refractivity contribution in [2.24, 2.45) is 0 Å². The molecule has 1 N–H and O–H groups in total.